The summed E-state index contributed by atoms with van der Waals surface area (Å²) < 4.78 is 8.18. The topological polar surface area (TPSA) is 63.5 Å². The molecular formula is C32H32ClN5O2S. The SMILES string of the molecule is C[C@@H](Oc1cc(-n2cnc3cc(-c4ccc(N(C)C5CCN(C)CC5)nc4)ccc32)sc1C=O)c1ccccc1Cl. The molecule has 1 fully saturated rings. The predicted molar refractivity (Wildman–Crippen MR) is 167 cm³/mol. The number of pyridine rings is 1. The normalized spacial score (nSPS) is 15.2. The van der Waals surface area contributed by atoms with Gasteiger partial charge in [0.2, 0.25) is 0 Å². The van der Waals surface area contributed by atoms with Crippen LogP contribution in [0.25, 0.3) is 27.2 Å². The maximum atomic E-state index is 11.9. The van der Waals surface area contributed by atoms with Gasteiger partial charge in [-0.15, -0.1) is 11.3 Å². The number of aldehydes is 1. The number of ether oxygens (including phenoxy) is 1. The molecule has 0 amide bonds. The average molecular weight is 586 g/mol. The van der Waals surface area contributed by atoms with Crippen LogP contribution < -0.4 is 9.64 Å². The van der Waals surface area contributed by atoms with Crippen LogP contribution in [0, 0.1) is 0 Å². The van der Waals surface area contributed by atoms with E-state index in [0.29, 0.717) is 21.7 Å². The van der Waals surface area contributed by atoms with Crippen molar-refractivity contribution in [2.45, 2.75) is 31.9 Å². The number of benzene rings is 2. The second-order valence-corrected chi connectivity index (χ2v) is 12.1. The van der Waals surface area contributed by atoms with Crippen molar-refractivity contribution in [1.82, 2.24) is 19.4 Å². The summed E-state index contributed by atoms with van der Waals surface area (Å²) in [6.07, 6.45) is 6.56. The second kappa shape index (κ2) is 11.6. The molecule has 41 heavy (non-hydrogen) atoms. The van der Waals surface area contributed by atoms with E-state index in [1.807, 2.05) is 48.0 Å². The minimum atomic E-state index is -0.309. The molecule has 1 atom stereocenters. The molecule has 5 aromatic rings. The predicted octanol–water partition coefficient (Wildman–Crippen LogP) is 7.29. The highest BCUT2D eigenvalue weighted by molar-refractivity contribution is 7.16. The number of nitrogens with zero attached hydrogens (tertiary/aromatic N) is 5. The van der Waals surface area contributed by atoms with E-state index in [2.05, 4.69) is 59.2 Å². The van der Waals surface area contributed by atoms with Gasteiger partial charge in [-0.2, -0.15) is 0 Å². The van der Waals surface area contributed by atoms with Gasteiger partial charge >= 0.3 is 0 Å². The van der Waals surface area contributed by atoms with Crippen molar-refractivity contribution in [3.05, 3.63) is 88.7 Å². The first-order valence-electron chi connectivity index (χ1n) is 13.8. The van der Waals surface area contributed by atoms with E-state index in [1.54, 1.807) is 6.33 Å². The van der Waals surface area contributed by atoms with Gasteiger partial charge in [0.25, 0.3) is 0 Å². The number of carbonyl (C=O) groups is 1. The van der Waals surface area contributed by atoms with Crippen molar-refractivity contribution in [1.29, 1.82) is 0 Å². The van der Waals surface area contributed by atoms with Crippen molar-refractivity contribution in [2.24, 2.45) is 0 Å². The monoisotopic (exact) mass is 585 g/mol. The molecule has 210 valence electrons. The summed E-state index contributed by atoms with van der Waals surface area (Å²) >= 11 is 7.73. The number of hydrogen-bond acceptors (Lipinski definition) is 7. The zero-order valence-electron chi connectivity index (χ0n) is 23.3. The Hall–Kier alpha value is -3.72. The molecule has 0 spiro atoms. The summed E-state index contributed by atoms with van der Waals surface area (Å²) in [6.45, 7) is 4.17. The van der Waals surface area contributed by atoms with Crippen molar-refractivity contribution >= 4 is 46.1 Å². The zero-order valence-corrected chi connectivity index (χ0v) is 24.9. The molecule has 3 aromatic heterocycles. The number of halogens is 1. The molecule has 1 saturated heterocycles. The number of carbonyl (C=O) groups excluding carboxylic acids is 1. The standard InChI is InChI=1S/C32H32ClN5O2S/c1-21(25-6-4-5-7-26(25)33)40-29-17-32(41-30(29)19-39)38-20-35-27-16-22(8-10-28(27)38)23-9-11-31(34-18-23)37(3)24-12-14-36(2)15-13-24/h4-11,16-21,24H,12-15H2,1-3H3/t21-/m1/s1. The van der Waals surface area contributed by atoms with Crippen LogP contribution in [-0.4, -0.2) is 58.9 Å². The molecule has 4 heterocycles. The van der Waals surface area contributed by atoms with Gasteiger partial charge in [0.15, 0.2) is 6.29 Å². The van der Waals surface area contributed by atoms with Crippen LogP contribution in [0.15, 0.2) is 73.2 Å². The molecule has 2 aromatic carbocycles. The Bertz CT molecular complexity index is 1670. The summed E-state index contributed by atoms with van der Waals surface area (Å²) in [5.74, 6) is 1.53. The highest BCUT2D eigenvalue weighted by atomic mass is 35.5. The molecule has 7 nitrogen and oxygen atoms in total. The van der Waals surface area contributed by atoms with Crippen LogP contribution in [0.5, 0.6) is 5.75 Å². The summed E-state index contributed by atoms with van der Waals surface area (Å²) in [4.78, 5) is 26.6. The summed E-state index contributed by atoms with van der Waals surface area (Å²) in [5, 5.41) is 1.49. The number of likely N-dealkylation sites (tertiary alicyclic amines) is 1. The van der Waals surface area contributed by atoms with E-state index in [0.717, 1.165) is 70.8 Å². The molecule has 9 heteroatoms. The van der Waals surface area contributed by atoms with E-state index in [-0.39, 0.29) is 6.10 Å². The van der Waals surface area contributed by atoms with Crippen LogP contribution in [0.1, 0.15) is 41.1 Å². The smallest absolute Gasteiger partial charge is 0.163 e. The van der Waals surface area contributed by atoms with Gasteiger partial charge in [0.1, 0.15) is 33.9 Å². The van der Waals surface area contributed by atoms with Crippen molar-refractivity contribution in [3.8, 4) is 21.9 Å². The fourth-order valence-corrected chi connectivity index (χ4v) is 6.61. The Morgan fingerprint density at radius 1 is 1.07 bits per heavy atom. The third-order valence-corrected chi connectivity index (χ3v) is 9.31. The van der Waals surface area contributed by atoms with Gasteiger partial charge in [-0.1, -0.05) is 35.9 Å². The van der Waals surface area contributed by atoms with Gasteiger partial charge in [-0.05, 0) is 75.8 Å². The van der Waals surface area contributed by atoms with Gasteiger partial charge in [0.05, 0.1) is 11.0 Å². The zero-order chi connectivity index (χ0) is 28.5. The Balaban J connectivity index is 1.22. The maximum absolute atomic E-state index is 11.9. The van der Waals surface area contributed by atoms with Crippen molar-refractivity contribution in [2.75, 3.05) is 32.1 Å². The first kappa shape index (κ1) is 27.4. The minimum absolute atomic E-state index is 0.309. The quantitative estimate of drug-likeness (QED) is 0.178. The maximum Gasteiger partial charge on any atom is 0.163 e. The molecule has 1 aliphatic heterocycles. The fourth-order valence-electron chi connectivity index (χ4n) is 5.43. The number of rotatable bonds is 8. The number of fused-ring (bicyclic) bond motifs is 1. The lowest BCUT2D eigenvalue weighted by Crippen LogP contribution is -2.42. The third kappa shape index (κ3) is 5.60. The van der Waals surface area contributed by atoms with Gasteiger partial charge < -0.3 is 14.5 Å². The largest absolute Gasteiger partial charge is 0.484 e. The van der Waals surface area contributed by atoms with Crippen LogP contribution in [0.3, 0.4) is 0 Å². The Morgan fingerprint density at radius 3 is 2.59 bits per heavy atom. The molecule has 1 aliphatic rings. The lowest BCUT2D eigenvalue weighted by Gasteiger charge is -2.35. The highest BCUT2D eigenvalue weighted by Crippen LogP contribution is 2.36. The van der Waals surface area contributed by atoms with Crippen LogP contribution in [0.2, 0.25) is 5.02 Å². The lowest BCUT2D eigenvalue weighted by molar-refractivity contribution is 0.112. The number of hydrogen-bond donors (Lipinski definition) is 0. The average Bonchev–Trinajstić information content (AvgIpc) is 3.60. The lowest BCUT2D eigenvalue weighted by atomic mass is 10.0. The van der Waals surface area contributed by atoms with Crippen LogP contribution in [-0.2, 0) is 0 Å². The van der Waals surface area contributed by atoms with Crippen molar-refractivity contribution < 1.29 is 9.53 Å². The Labute approximate surface area is 249 Å². The molecule has 6 rings (SSSR count). The third-order valence-electron chi connectivity index (χ3n) is 7.93. The number of anilines is 1. The molecule has 0 unspecified atom stereocenters. The Morgan fingerprint density at radius 2 is 1.85 bits per heavy atom. The van der Waals surface area contributed by atoms with E-state index in [1.165, 1.54) is 11.3 Å². The van der Waals surface area contributed by atoms with Crippen LogP contribution in [0.4, 0.5) is 5.82 Å². The number of aromatic nitrogens is 3. The summed E-state index contributed by atoms with van der Waals surface area (Å²) in [6, 6.07) is 20.4. The fraction of sp³-hybridized carbons (Fsp3) is 0.281. The van der Waals surface area contributed by atoms with Crippen LogP contribution >= 0.6 is 22.9 Å². The first-order valence-corrected chi connectivity index (χ1v) is 15.0. The summed E-state index contributed by atoms with van der Waals surface area (Å²) in [5.41, 5.74) is 4.79. The second-order valence-electron chi connectivity index (χ2n) is 10.6. The molecular weight excluding hydrogens is 554 g/mol. The molecule has 0 radical (unpaired) electrons. The number of thiophene rings is 1. The highest BCUT2D eigenvalue weighted by Gasteiger charge is 2.22. The summed E-state index contributed by atoms with van der Waals surface area (Å²) in [7, 11) is 4.33. The first-order chi connectivity index (χ1) is 19.9. The van der Waals surface area contributed by atoms with E-state index >= 15 is 0 Å². The number of imidazole rings is 1. The van der Waals surface area contributed by atoms with Gasteiger partial charge in [-0.3, -0.25) is 9.36 Å². The van der Waals surface area contributed by atoms with Crippen molar-refractivity contribution in [3.63, 3.8) is 0 Å². The van der Waals surface area contributed by atoms with Gasteiger partial charge in [-0.25, -0.2) is 9.97 Å². The Kier molecular flexibility index (Phi) is 7.79. The molecule has 0 saturated carbocycles. The minimum Gasteiger partial charge on any atom is -0.484 e. The van der Waals surface area contributed by atoms with E-state index in [4.69, 9.17) is 21.3 Å². The van der Waals surface area contributed by atoms with E-state index < -0.39 is 0 Å². The molecule has 0 bridgehead atoms. The number of piperidine rings is 1. The van der Waals surface area contributed by atoms with Gasteiger partial charge in [0, 0.05) is 41.5 Å². The molecule has 0 aliphatic carbocycles. The van der Waals surface area contributed by atoms with E-state index in [9.17, 15) is 4.79 Å². The molecule has 0 N–H and O–H groups in total.